The van der Waals surface area contributed by atoms with Crippen molar-refractivity contribution in [2.24, 2.45) is 0 Å². The minimum atomic E-state index is 0.317. The number of hydrogen-bond donors (Lipinski definition) is 4. The number of aromatic nitrogens is 4. The number of hydrogen-bond acceptors (Lipinski definition) is 5. The van der Waals surface area contributed by atoms with Gasteiger partial charge in [-0.15, -0.1) is 0 Å². The van der Waals surface area contributed by atoms with Gasteiger partial charge in [0.25, 0.3) is 0 Å². The molecule has 0 spiro atoms. The van der Waals surface area contributed by atoms with E-state index in [0.29, 0.717) is 12.0 Å². The van der Waals surface area contributed by atoms with E-state index in [1.807, 2.05) is 24.0 Å². The molecule has 0 fully saturated rings. The molecule has 110 valence electrons. The molecule has 0 saturated carbocycles. The van der Waals surface area contributed by atoms with Crippen molar-refractivity contribution in [1.82, 2.24) is 30.7 Å². The van der Waals surface area contributed by atoms with Gasteiger partial charge in [0.05, 0.1) is 11.9 Å². The molecule has 0 aliphatic heterocycles. The highest BCUT2D eigenvalue weighted by Crippen LogP contribution is 2.20. The molecule has 7 heteroatoms. The van der Waals surface area contributed by atoms with Crippen LogP contribution >= 0.6 is 0 Å². The van der Waals surface area contributed by atoms with Gasteiger partial charge in [-0.05, 0) is 19.9 Å². The Morgan fingerprint density at radius 3 is 2.75 bits per heavy atom. The van der Waals surface area contributed by atoms with E-state index in [1.165, 1.54) is 0 Å². The number of hydrazine groups is 1. The van der Waals surface area contributed by atoms with Crippen molar-refractivity contribution in [2.45, 2.75) is 32.7 Å². The Morgan fingerprint density at radius 2 is 2.15 bits per heavy atom. The molecule has 1 atom stereocenters. The van der Waals surface area contributed by atoms with Crippen LogP contribution in [0.2, 0.25) is 0 Å². The van der Waals surface area contributed by atoms with Crippen LogP contribution in [-0.2, 0) is 0 Å². The standard InChI is InChI=1S/C13H23N7/c1-9(2)18-17-7-10(3)12-8-15-13(20(12)14-4)11-5-6-16-19-11/h5-6,8-10,14,17-18H,7H2,1-4H3,(H,16,19). The summed E-state index contributed by atoms with van der Waals surface area (Å²) in [6, 6.07) is 2.32. The van der Waals surface area contributed by atoms with E-state index in [-0.39, 0.29) is 0 Å². The summed E-state index contributed by atoms with van der Waals surface area (Å²) in [7, 11) is 1.89. The van der Waals surface area contributed by atoms with E-state index in [0.717, 1.165) is 23.8 Å². The van der Waals surface area contributed by atoms with Crippen LogP contribution in [0.15, 0.2) is 18.5 Å². The molecule has 1 unspecified atom stereocenters. The van der Waals surface area contributed by atoms with Crippen LogP contribution in [0, 0.1) is 0 Å². The zero-order chi connectivity index (χ0) is 14.5. The van der Waals surface area contributed by atoms with E-state index in [1.54, 1.807) is 6.20 Å². The summed E-state index contributed by atoms with van der Waals surface area (Å²) in [5.74, 6) is 1.15. The lowest BCUT2D eigenvalue weighted by Crippen LogP contribution is -2.39. The lowest BCUT2D eigenvalue weighted by molar-refractivity contribution is 0.450. The summed E-state index contributed by atoms with van der Waals surface area (Å²) in [6.45, 7) is 7.20. The molecule has 7 nitrogen and oxygen atoms in total. The Kier molecular flexibility index (Phi) is 4.75. The predicted molar refractivity (Wildman–Crippen MR) is 79.8 cm³/mol. The molecule has 0 bridgehead atoms. The molecule has 4 N–H and O–H groups in total. The van der Waals surface area contributed by atoms with Crippen molar-refractivity contribution in [3.8, 4) is 11.5 Å². The summed E-state index contributed by atoms with van der Waals surface area (Å²) in [5.41, 5.74) is 11.6. The van der Waals surface area contributed by atoms with Gasteiger partial charge in [0.2, 0.25) is 0 Å². The van der Waals surface area contributed by atoms with Crippen molar-refractivity contribution >= 4 is 0 Å². The first-order valence-corrected chi connectivity index (χ1v) is 6.87. The summed E-state index contributed by atoms with van der Waals surface area (Å²) in [6.07, 6.45) is 3.62. The first kappa shape index (κ1) is 14.5. The van der Waals surface area contributed by atoms with Gasteiger partial charge in [0, 0.05) is 31.7 Å². The van der Waals surface area contributed by atoms with Gasteiger partial charge >= 0.3 is 0 Å². The SMILES string of the molecule is CNn1c(C(C)CNNC(C)C)cnc1-c1ccn[nH]1. The second-order valence-corrected chi connectivity index (χ2v) is 5.12. The molecule has 0 amide bonds. The van der Waals surface area contributed by atoms with E-state index >= 15 is 0 Å². The molecule has 0 saturated heterocycles. The molecule has 20 heavy (non-hydrogen) atoms. The molecule has 0 radical (unpaired) electrons. The summed E-state index contributed by atoms with van der Waals surface area (Å²) in [4.78, 5) is 4.47. The molecule has 2 aromatic heterocycles. The molecule has 2 aromatic rings. The Morgan fingerprint density at radius 1 is 1.35 bits per heavy atom. The van der Waals surface area contributed by atoms with Gasteiger partial charge in [-0.1, -0.05) is 6.92 Å². The summed E-state index contributed by atoms with van der Waals surface area (Å²) < 4.78 is 1.98. The number of aromatic amines is 1. The average Bonchev–Trinajstić information content (AvgIpc) is 3.06. The van der Waals surface area contributed by atoms with Crippen LogP contribution in [-0.4, -0.2) is 39.5 Å². The number of nitrogens with zero attached hydrogens (tertiary/aromatic N) is 3. The highest BCUT2D eigenvalue weighted by atomic mass is 15.4. The number of nitrogens with one attached hydrogen (secondary N) is 4. The highest BCUT2D eigenvalue weighted by molar-refractivity contribution is 5.50. The summed E-state index contributed by atoms with van der Waals surface area (Å²) >= 11 is 0. The van der Waals surface area contributed by atoms with E-state index in [4.69, 9.17) is 0 Å². The smallest absolute Gasteiger partial charge is 0.176 e. The van der Waals surface area contributed by atoms with Crippen LogP contribution < -0.4 is 16.3 Å². The second kappa shape index (κ2) is 6.53. The second-order valence-electron chi connectivity index (χ2n) is 5.12. The lowest BCUT2D eigenvalue weighted by atomic mass is 10.1. The van der Waals surface area contributed by atoms with Crippen molar-refractivity contribution in [2.75, 3.05) is 19.0 Å². The molecular formula is C13H23N7. The molecule has 0 aromatic carbocycles. The third-order valence-corrected chi connectivity index (χ3v) is 3.06. The molecule has 2 rings (SSSR count). The Balaban J connectivity index is 2.12. The van der Waals surface area contributed by atoms with Gasteiger partial charge in [-0.25, -0.2) is 9.66 Å². The third kappa shape index (κ3) is 3.17. The monoisotopic (exact) mass is 277 g/mol. The van der Waals surface area contributed by atoms with E-state index < -0.39 is 0 Å². The first-order chi connectivity index (χ1) is 9.63. The quantitative estimate of drug-likeness (QED) is 0.569. The summed E-state index contributed by atoms with van der Waals surface area (Å²) in [5, 5.41) is 6.91. The van der Waals surface area contributed by atoms with Crippen molar-refractivity contribution < 1.29 is 0 Å². The molecular weight excluding hydrogens is 254 g/mol. The number of H-pyrrole nitrogens is 1. The van der Waals surface area contributed by atoms with Crippen LogP contribution in [0.1, 0.15) is 32.4 Å². The minimum Gasteiger partial charge on any atom is -0.327 e. The molecule has 0 aliphatic carbocycles. The van der Waals surface area contributed by atoms with Crippen molar-refractivity contribution in [1.29, 1.82) is 0 Å². The maximum atomic E-state index is 4.47. The Bertz CT molecular complexity index is 515. The fraction of sp³-hybridized carbons (Fsp3) is 0.538. The zero-order valence-corrected chi connectivity index (χ0v) is 12.4. The van der Waals surface area contributed by atoms with Crippen molar-refractivity contribution in [3.63, 3.8) is 0 Å². The van der Waals surface area contributed by atoms with Gasteiger partial charge in [0.1, 0.15) is 5.69 Å². The van der Waals surface area contributed by atoms with Crippen LogP contribution in [0.25, 0.3) is 11.5 Å². The maximum absolute atomic E-state index is 4.47. The van der Waals surface area contributed by atoms with E-state index in [9.17, 15) is 0 Å². The Hall–Kier alpha value is -1.86. The van der Waals surface area contributed by atoms with Crippen molar-refractivity contribution in [3.05, 3.63) is 24.2 Å². The molecule has 0 aliphatic rings. The number of rotatable bonds is 7. The van der Waals surface area contributed by atoms with Gasteiger partial charge in [-0.2, -0.15) is 5.10 Å². The average molecular weight is 277 g/mol. The normalized spacial score (nSPS) is 12.8. The lowest BCUT2D eigenvalue weighted by Gasteiger charge is -2.17. The number of imidazole rings is 1. The highest BCUT2D eigenvalue weighted by Gasteiger charge is 2.16. The van der Waals surface area contributed by atoms with Crippen LogP contribution in [0.4, 0.5) is 0 Å². The fourth-order valence-corrected chi connectivity index (χ4v) is 2.04. The van der Waals surface area contributed by atoms with Gasteiger partial charge in [0.15, 0.2) is 5.82 Å². The third-order valence-electron chi connectivity index (χ3n) is 3.06. The minimum absolute atomic E-state index is 0.317. The fourth-order valence-electron chi connectivity index (χ4n) is 2.04. The first-order valence-electron chi connectivity index (χ1n) is 6.87. The van der Waals surface area contributed by atoms with Crippen LogP contribution in [0.5, 0.6) is 0 Å². The largest absolute Gasteiger partial charge is 0.327 e. The van der Waals surface area contributed by atoms with Crippen LogP contribution in [0.3, 0.4) is 0 Å². The van der Waals surface area contributed by atoms with Gasteiger partial charge in [-0.3, -0.25) is 16.0 Å². The molecule has 2 heterocycles. The predicted octanol–water partition coefficient (Wildman–Crippen LogP) is 1.05. The Labute approximate surface area is 119 Å². The zero-order valence-electron chi connectivity index (χ0n) is 12.4. The van der Waals surface area contributed by atoms with Gasteiger partial charge < -0.3 is 5.43 Å². The maximum Gasteiger partial charge on any atom is 0.176 e. The topological polar surface area (TPSA) is 82.6 Å². The van der Waals surface area contributed by atoms with E-state index in [2.05, 4.69) is 52.2 Å².